The first kappa shape index (κ1) is 21.3. The van der Waals surface area contributed by atoms with Crippen molar-refractivity contribution in [3.05, 3.63) is 54.1 Å². The highest BCUT2D eigenvalue weighted by atomic mass is 16.5. The van der Waals surface area contributed by atoms with Gasteiger partial charge in [-0.3, -0.25) is 9.59 Å². The molecule has 6 heteroatoms. The summed E-state index contributed by atoms with van der Waals surface area (Å²) in [5.41, 5.74) is 7.37. The van der Waals surface area contributed by atoms with E-state index in [1.165, 1.54) is 0 Å². The smallest absolute Gasteiger partial charge is 0.255 e. The molecule has 0 aliphatic carbocycles. The van der Waals surface area contributed by atoms with Crippen LogP contribution in [0.5, 0.6) is 5.75 Å². The fourth-order valence-corrected chi connectivity index (χ4v) is 2.79. The van der Waals surface area contributed by atoms with Gasteiger partial charge in [-0.05, 0) is 49.7 Å². The summed E-state index contributed by atoms with van der Waals surface area (Å²) in [5, 5.41) is 2.87. The van der Waals surface area contributed by atoms with Gasteiger partial charge in [0.25, 0.3) is 5.91 Å². The number of anilines is 2. The number of primary amides is 1. The van der Waals surface area contributed by atoms with Crippen molar-refractivity contribution in [3.8, 4) is 5.75 Å². The van der Waals surface area contributed by atoms with Crippen LogP contribution in [0, 0.1) is 0 Å². The lowest BCUT2D eigenvalue weighted by Crippen LogP contribution is -2.23. The highest BCUT2D eigenvalue weighted by molar-refractivity contribution is 6.05. The predicted molar refractivity (Wildman–Crippen MR) is 113 cm³/mol. The molecule has 0 aliphatic heterocycles. The fourth-order valence-electron chi connectivity index (χ4n) is 2.79. The lowest BCUT2D eigenvalue weighted by molar-refractivity contribution is -0.118. The van der Waals surface area contributed by atoms with E-state index in [0.29, 0.717) is 17.0 Å². The van der Waals surface area contributed by atoms with Gasteiger partial charge >= 0.3 is 0 Å². The van der Waals surface area contributed by atoms with Gasteiger partial charge in [0.2, 0.25) is 5.91 Å². The zero-order chi connectivity index (χ0) is 20.4. The van der Waals surface area contributed by atoms with E-state index in [-0.39, 0.29) is 18.9 Å². The number of para-hydroxylation sites is 2. The number of nitrogens with one attached hydrogen (secondary N) is 1. The molecular formula is C22H29N3O3. The second-order valence-corrected chi connectivity index (χ2v) is 6.50. The Bertz CT molecular complexity index is 775. The Kier molecular flexibility index (Phi) is 8.34. The molecule has 0 aromatic heterocycles. The third-order valence-corrected chi connectivity index (χ3v) is 4.40. The lowest BCUT2D eigenvalue weighted by Gasteiger charge is -2.23. The van der Waals surface area contributed by atoms with Crippen LogP contribution in [0.15, 0.2) is 48.5 Å². The number of nitrogens with zero attached hydrogens (tertiary/aromatic N) is 1. The van der Waals surface area contributed by atoms with Crippen LogP contribution in [0.3, 0.4) is 0 Å². The number of amides is 2. The molecule has 2 aromatic rings. The number of carbonyl (C=O) groups excluding carboxylic acids is 2. The first-order valence-electron chi connectivity index (χ1n) is 9.71. The van der Waals surface area contributed by atoms with E-state index in [4.69, 9.17) is 10.5 Å². The van der Waals surface area contributed by atoms with E-state index >= 15 is 0 Å². The van der Waals surface area contributed by atoms with Crippen molar-refractivity contribution in [2.45, 2.75) is 33.1 Å². The van der Waals surface area contributed by atoms with Crippen LogP contribution >= 0.6 is 0 Å². The molecular weight excluding hydrogens is 354 g/mol. The maximum atomic E-state index is 12.6. The second kappa shape index (κ2) is 11.0. The Morgan fingerprint density at radius 2 is 1.79 bits per heavy atom. The molecule has 0 fully saturated rings. The molecule has 2 amide bonds. The molecule has 3 N–H and O–H groups in total. The van der Waals surface area contributed by atoms with Gasteiger partial charge in [-0.2, -0.15) is 0 Å². The Labute approximate surface area is 166 Å². The molecule has 0 atom stereocenters. The number of rotatable bonds is 11. The van der Waals surface area contributed by atoms with Crippen LogP contribution in [0.2, 0.25) is 0 Å². The van der Waals surface area contributed by atoms with Crippen LogP contribution in [-0.4, -0.2) is 31.5 Å². The van der Waals surface area contributed by atoms with Crippen molar-refractivity contribution in [1.82, 2.24) is 0 Å². The first-order valence-corrected chi connectivity index (χ1v) is 9.71. The summed E-state index contributed by atoms with van der Waals surface area (Å²) < 4.78 is 5.57. The number of ether oxygens (including phenoxy) is 1. The summed E-state index contributed by atoms with van der Waals surface area (Å²) in [7, 11) is 0. The molecule has 6 nitrogen and oxygen atoms in total. The zero-order valence-corrected chi connectivity index (χ0v) is 16.6. The minimum absolute atomic E-state index is 0.121. The standard InChI is InChI=1S/C22H29N3O3/c1-3-5-15-25(4-2)18-12-10-17(11-13-18)22(27)24-19-8-6-7-9-20(19)28-16-14-21(23)26/h6-13H,3-5,14-16H2,1-2H3,(H2,23,26)(H,24,27). The van der Waals surface area contributed by atoms with Gasteiger partial charge in [0, 0.05) is 24.3 Å². The van der Waals surface area contributed by atoms with E-state index in [2.05, 4.69) is 24.1 Å². The normalized spacial score (nSPS) is 10.4. The minimum atomic E-state index is -0.429. The van der Waals surface area contributed by atoms with Crippen molar-refractivity contribution in [2.75, 3.05) is 29.9 Å². The van der Waals surface area contributed by atoms with E-state index in [9.17, 15) is 9.59 Å². The number of unbranched alkanes of at least 4 members (excludes halogenated alkanes) is 1. The highest BCUT2D eigenvalue weighted by Crippen LogP contribution is 2.25. The summed E-state index contributed by atoms with van der Waals surface area (Å²) in [4.78, 5) is 25.8. The van der Waals surface area contributed by atoms with Crippen LogP contribution < -0.4 is 20.7 Å². The average Bonchev–Trinajstić information content (AvgIpc) is 2.70. The maximum absolute atomic E-state index is 12.6. The van der Waals surface area contributed by atoms with E-state index in [1.54, 1.807) is 18.2 Å². The zero-order valence-electron chi connectivity index (χ0n) is 16.6. The van der Waals surface area contributed by atoms with Crippen LogP contribution in [0.4, 0.5) is 11.4 Å². The van der Waals surface area contributed by atoms with Crippen LogP contribution in [0.1, 0.15) is 43.5 Å². The molecule has 2 aromatic carbocycles. The number of hydrogen-bond donors (Lipinski definition) is 2. The Morgan fingerprint density at radius 3 is 2.43 bits per heavy atom. The fraction of sp³-hybridized carbons (Fsp3) is 0.364. The van der Waals surface area contributed by atoms with Crippen LogP contribution in [-0.2, 0) is 4.79 Å². The van der Waals surface area contributed by atoms with Crippen molar-refractivity contribution in [2.24, 2.45) is 5.73 Å². The third kappa shape index (κ3) is 6.30. The summed E-state index contributed by atoms with van der Waals surface area (Å²) in [6, 6.07) is 14.7. The molecule has 0 saturated heterocycles. The number of nitrogens with two attached hydrogens (primary N) is 1. The third-order valence-electron chi connectivity index (χ3n) is 4.40. The molecule has 0 radical (unpaired) electrons. The van der Waals surface area contributed by atoms with Gasteiger partial charge in [-0.1, -0.05) is 25.5 Å². The Morgan fingerprint density at radius 1 is 1.07 bits per heavy atom. The molecule has 0 unspecified atom stereocenters. The molecule has 0 heterocycles. The molecule has 0 bridgehead atoms. The number of carbonyl (C=O) groups is 2. The number of benzene rings is 2. The van der Waals surface area contributed by atoms with Gasteiger partial charge in [-0.25, -0.2) is 0 Å². The molecule has 150 valence electrons. The van der Waals surface area contributed by atoms with Crippen molar-refractivity contribution >= 4 is 23.2 Å². The maximum Gasteiger partial charge on any atom is 0.255 e. The summed E-state index contributed by atoms with van der Waals surface area (Å²) in [5.74, 6) is -0.138. The lowest BCUT2D eigenvalue weighted by atomic mass is 10.1. The van der Waals surface area contributed by atoms with E-state index in [1.807, 2.05) is 30.3 Å². The first-order chi connectivity index (χ1) is 13.5. The van der Waals surface area contributed by atoms with Crippen molar-refractivity contribution in [3.63, 3.8) is 0 Å². The van der Waals surface area contributed by atoms with Crippen molar-refractivity contribution in [1.29, 1.82) is 0 Å². The Hall–Kier alpha value is -3.02. The molecule has 0 aliphatic rings. The number of hydrogen-bond acceptors (Lipinski definition) is 4. The van der Waals surface area contributed by atoms with E-state index < -0.39 is 5.91 Å². The average molecular weight is 383 g/mol. The molecule has 28 heavy (non-hydrogen) atoms. The quantitative estimate of drug-likeness (QED) is 0.618. The van der Waals surface area contributed by atoms with Crippen LogP contribution in [0.25, 0.3) is 0 Å². The molecule has 0 spiro atoms. The second-order valence-electron chi connectivity index (χ2n) is 6.50. The van der Waals surface area contributed by atoms with Gasteiger partial charge in [0.1, 0.15) is 5.75 Å². The van der Waals surface area contributed by atoms with Gasteiger partial charge in [0.15, 0.2) is 0 Å². The predicted octanol–water partition coefficient (Wildman–Crippen LogP) is 3.82. The van der Waals surface area contributed by atoms with Crippen molar-refractivity contribution < 1.29 is 14.3 Å². The van der Waals surface area contributed by atoms with Gasteiger partial charge in [-0.15, -0.1) is 0 Å². The summed E-state index contributed by atoms with van der Waals surface area (Å²) in [6.45, 7) is 6.42. The Balaban J connectivity index is 2.04. The summed E-state index contributed by atoms with van der Waals surface area (Å²) in [6.07, 6.45) is 2.41. The topological polar surface area (TPSA) is 84.7 Å². The highest BCUT2D eigenvalue weighted by Gasteiger charge is 2.11. The monoisotopic (exact) mass is 383 g/mol. The largest absolute Gasteiger partial charge is 0.491 e. The van der Waals surface area contributed by atoms with Gasteiger partial charge < -0.3 is 20.7 Å². The van der Waals surface area contributed by atoms with E-state index in [0.717, 1.165) is 31.6 Å². The molecule has 0 saturated carbocycles. The molecule has 2 rings (SSSR count). The minimum Gasteiger partial charge on any atom is -0.491 e. The SMILES string of the molecule is CCCCN(CC)c1ccc(C(=O)Nc2ccccc2OCCC(N)=O)cc1. The summed E-state index contributed by atoms with van der Waals surface area (Å²) >= 11 is 0. The van der Waals surface area contributed by atoms with Gasteiger partial charge in [0.05, 0.1) is 18.7 Å².